The van der Waals surface area contributed by atoms with Crippen molar-refractivity contribution in [2.75, 3.05) is 5.73 Å². The van der Waals surface area contributed by atoms with Crippen LogP contribution in [0, 0.1) is 0 Å². The molecule has 0 radical (unpaired) electrons. The maximum atomic E-state index is 9.53. The molecule has 0 aromatic carbocycles. The summed E-state index contributed by atoms with van der Waals surface area (Å²) in [6, 6.07) is 0. The molecule has 74 valence electrons. The number of nitrogens with one attached hydrogen (secondary N) is 1. The van der Waals surface area contributed by atoms with Crippen molar-refractivity contribution < 1.29 is 5.11 Å². The number of nitrogens with two attached hydrogens (primary N) is 1. The fourth-order valence-corrected chi connectivity index (χ4v) is 1.20. The van der Waals surface area contributed by atoms with Gasteiger partial charge in [-0.3, -0.25) is 0 Å². The van der Waals surface area contributed by atoms with Crippen molar-refractivity contribution in [2.45, 2.75) is 19.4 Å². The number of aromatic nitrogens is 4. The molecule has 2 aromatic rings. The predicted molar refractivity (Wildman–Crippen MR) is 51.3 cm³/mol. The van der Waals surface area contributed by atoms with E-state index < -0.39 is 6.10 Å². The Balaban J connectivity index is 2.58. The van der Waals surface area contributed by atoms with Gasteiger partial charge in [-0.15, -0.1) is 0 Å². The smallest absolute Gasteiger partial charge is 0.183 e. The van der Waals surface area contributed by atoms with Crippen LogP contribution < -0.4 is 5.73 Å². The van der Waals surface area contributed by atoms with Crippen LogP contribution in [0.5, 0.6) is 0 Å². The maximum absolute atomic E-state index is 9.53. The molecule has 0 saturated carbocycles. The van der Waals surface area contributed by atoms with Crippen molar-refractivity contribution in [1.29, 1.82) is 0 Å². The molecule has 1 atom stereocenters. The number of aliphatic hydroxyl groups is 1. The number of hydrogen-bond donors (Lipinski definition) is 3. The van der Waals surface area contributed by atoms with Crippen molar-refractivity contribution in [3.8, 4) is 0 Å². The lowest BCUT2D eigenvalue weighted by molar-refractivity contribution is 0.164. The summed E-state index contributed by atoms with van der Waals surface area (Å²) in [7, 11) is 0. The first kappa shape index (κ1) is 8.89. The van der Waals surface area contributed by atoms with Crippen LogP contribution >= 0.6 is 0 Å². The molecule has 0 aliphatic rings. The number of aromatic amines is 1. The molecule has 14 heavy (non-hydrogen) atoms. The van der Waals surface area contributed by atoms with E-state index in [-0.39, 0.29) is 0 Å². The summed E-state index contributed by atoms with van der Waals surface area (Å²) in [6.45, 7) is 1.85. The zero-order valence-electron chi connectivity index (χ0n) is 7.73. The van der Waals surface area contributed by atoms with Crippen molar-refractivity contribution in [3.63, 3.8) is 0 Å². The first-order valence-electron chi connectivity index (χ1n) is 4.37. The summed E-state index contributed by atoms with van der Waals surface area (Å²) in [5.41, 5.74) is 6.75. The van der Waals surface area contributed by atoms with Gasteiger partial charge in [0.05, 0.1) is 6.33 Å². The summed E-state index contributed by atoms with van der Waals surface area (Å²) in [5, 5.41) is 9.53. The summed E-state index contributed by atoms with van der Waals surface area (Å²) in [5.74, 6) is 0.639. The summed E-state index contributed by atoms with van der Waals surface area (Å²) >= 11 is 0. The molecule has 0 unspecified atom stereocenters. The van der Waals surface area contributed by atoms with Gasteiger partial charge in [0.1, 0.15) is 11.6 Å². The van der Waals surface area contributed by atoms with Crippen LogP contribution in [0.3, 0.4) is 0 Å². The Kier molecular flexibility index (Phi) is 2.05. The molecule has 6 nitrogen and oxygen atoms in total. The number of imidazole rings is 1. The van der Waals surface area contributed by atoms with E-state index >= 15 is 0 Å². The van der Waals surface area contributed by atoms with Crippen LogP contribution in [0.25, 0.3) is 11.2 Å². The van der Waals surface area contributed by atoms with Crippen molar-refractivity contribution in [3.05, 3.63) is 12.2 Å². The minimum atomic E-state index is -0.682. The number of H-pyrrole nitrogens is 1. The van der Waals surface area contributed by atoms with E-state index in [1.165, 1.54) is 6.33 Å². The number of nitrogens with zero attached hydrogens (tertiary/aromatic N) is 3. The van der Waals surface area contributed by atoms with E-state index in [0.717, 1.165) is 0 Å². The third-order valence-corrected chi connectivity index (χ3v) is 2.02. The molecule has 0 aliphatic heterocycles. The van der Waals surface area contributed by atoms with Crippen LogP contribution in [0.2, 0.25) is 0 Å². The lowest BCUT2D eigenvalue weighted by Gasteiger charge is -2.06. The lowest BCUT2D eigenvalue weighted by Crippen LogP contribution is -2.05. The number of anilines is 1. The Morgan fingerprint density at radius 1 is 1.57 bits per heavy atom. The third kappa shape index (κ3) is 1.29. The molecule has 0 aliphatic carbocycles. The minimum absolute atomic E-state index is 0.315. The topological polar surface area (TPSA) is 101 Å². The minimum Gasteiger partial charge on any atom is -0.385 e. The average Bonchev–Trinajstić information content (AvgIpc) is 2.64. The van der Waals surface area contributed by atoms with Gasteiger partial charge in [-0.1, -0.05) is 6.92 Å². The van der Waals surface area contributed by atoms with Gasteiger partial charge in [0.25, 0.3) is 0 Å². The number of hydrogen-bond acceptors (Lipinski definition) is 5. The summed E-state index contributed by atoms with van der Waals surface area (Å²) in [6.07, 6.45) is 1.37. The van der Waals surface area contributed by atoms with E-state index in [0.29, 0.717) is 29.2 Å². The van der Waals surface area contributed by atoms with E-state index in [9.17, 15) is 5.11 Å². The van der Waals surface area contributed by atoms with Crippen molar-refractivity contribution in [2.24, 2.45) is 0 Å². The van der Waals surface area contributed by atoms with Gasteiger partial charge in [0.15, 0.2) is 17.3 Å². The molecule has 0 saturated heterocycles. The number of rotatable bonds is 2. The molecule has 0 amide bonds. The first-order valence-corrected chi connectivity index (χ1v) is 4.37. The Morgan fingerprint density at radius 2 is 2.36 bits per heavy atom. The molecule has 2 aromatic heterocycles. The molecule has 2 heterocycles. The standard InChI is InChI=1S/C8H11N5O/c1-2-4(14)7-12-6(9)5-8(13-7)11-3-10-5/h3-4,14H,2H2,1H3,(H3,9,10,11,12,13)/t4-/m1/s1. The first-order chi connectivity index (χ1) is 6.72. The predicted octanol–water partition coefficient (Wildman–Crippen LogP) is 0.379. The van der Waals surface area contributed by atoms with Crippen LogP contribution in [0.4, 0.5) is 5.82 Å². The highest BCUT2D eigenvalue weighted by atomic mass is 16.3. The second kappa shape index (κ2) is 3.22. The molecular formula is C8H11N5O. The fourth-order valence-electron chi connectivity index (χ4n) is 1.20. The zero-order valence-corrected chi connectivity index (χ0v) is 7.73. The highest BCUT2D eigenvalue weighted by Gasteiger charge is 2.12. The number of nitrogen functional groups attached to an aromatic ring is 1. The van der Waals surface area contributed by atoms with Crippen molar-refractivity contribution in [1.82, 2.24) is 19.9 Å². The van der Waals surface area contributed by atoms with Gasteiger partial charge in [-0.2, -0.15) is 0 Å². The van der Waals surface area contributed by atoms with Gasteiger partial charge in [-0.05, 0) is 6.42 Å². The average molecular weight is 193 g/mol. The molecule has 0 bridgehead atoms. The van der Waals surface area contributed by atoms with Crippen LogP contribution in [0.15, 0.2) is 6.33 Å². The quantitative estimate of drug-likeness (QED) is 0.640. The molecule has 0 fully saturated rings. The summed E-state index contributed by atoms with van der Waals surface area (Å²) in [4.78, 5) is 14.9. The van der Waals surface area contributed by atoms with E-state index in [1.807, 2.05) is 6.92 Å². The second-order valence-electron chi connectivity index (χ2n) is 2.99. The van der Waals surface area contributed by atoms with Gasteiger partial charge in [0.2, 0.25) is 0 Å². The molecule has 0 spiro atoms. The highest BCUT2D eigenvalue weighted by Crippen LogP contribution is 2.18. The van der Waals surface area contributed by atoms with Gasteiger partial charge in [-0.25, -0.2) is 15.0 Å². The molecular weight excluding hydrogens is 182 g/mol. The Bertz CT molecular complexity index is 452. The number of aliphatic hydroxyl groups excluding tert-OH is 1. The monoisotopic (exact) mass is 193 g/mol. The van der Waals surface area contributed by atoms with Crippen LogP contribution in [0.1, 0.15) is 25.3 Å². The lowest BCUT2D eigenvalue weighted by atomic mass is 10.2. The Hall–Kier alpha value is -1.69. The SMILES string of the molecule is CC[C@@H](O)c1nc(N)c2[nH]cnc2n1. The third-order valence-electron chi connectivity index (χ3n) is 2.02. The molecule has 6 heteroatoms. The zero-order chi connectivity index (χ0) is 10.1. The van der Waals surface area contributed by atoms with Crippen LogP contribution in [-0.2, 0) is 0 Å². The Morgan fingerprint density at radius 3 is 3.07 bits per heavy atom. The largest absolute Gasteiger partial charge is 0.385 e. The molecule has 2 rings (SSSR count). The Labute approximate surface area is 80.2 Å². The van der Waals surface area contributed by atoms with Crippen LogP contribution in [-0.4, -0.2) is 25.0 Å². The van der Waals surface area contributed by atoms with Gasteiger partial charge >= 0.3 is 0 Å². The van der Waals surface area contributed by atoms with E-state index in [4.69, 9.17) is 5.73 Å². The normalized spacial score (nSPS) is 13.3. The maximum Gasteiger partial charge on any atom is 0.183 e. The second-order valence-corrected chi connectivity index (χ2v) is 2.99. The highest BCUT2D eigenvalue weighted by molar-refractivity contribution is 5.80. The fraction of sp³-hybridized carbons (Fsp3) is 0.375. The molecule has 4 N–H and O–H groups in total. The van der Waals surface area contributed by atoms with Gasteiger partial charge < -0.3 is 15.8 Å². The van der Waals surface area contributed by atoms with E-state index in [2.05, 4.69) is 19.9 Å². The number of fused-ring (bicyclic) bond motifs is 1. The summed E-state index contributed by atoms with van der Waals surface area (Å²) < 4.78 is 0. The van der Waals surface area contributed by atoms with E-state index in [1.54, 1.807) is 0 Å². The van der Waals surface area contributed by atoms with Gasteiger partial charge in [0, 0.05) is 0 Å². The van der Waals surface area contributed by atoms with Crippen molar-refractivity contribution >= 4 is 17.0 Å².